The van der Waals surface area contributed by atoms with E-state index in [1.54, 1.807) is 39.0 Å². The number of imide groups is 1. The van der Waals surface area contributed by atoms with Gasteiger partial charge in [-0.15, -0.1) is 12.4 Å². The van der Waals surface area contributed by atoms with Crippen molar-refractivity contribution < 1.29 is 19.5 Å². The molecule has 1 saturated heterocycles. The van der Waals surface area contributed by atoms with Crippen molar-refractivity contribution in [3.63, 3.8) is 0 Å². The normalized spacial score (nSPS) is 15.5. The zero-order valence-electron chi connectivity index (χ0n) is 24.7. The molecule has 0 aromatic heterocycles. The van der Waals surface area contributed by atoms with Crippen molar-refractivity contribution in [3.8, 4) is 5.75 Å². The Morgan fingerprint density at radius 1 is 0.976 bits per heavy atom. The summed E-state index contributed by atoms with van der Waals surface area (Å²) in [5.74, 6) is -0.804. The summed E-state index contributed by atoms with van der Waals surface area (Å²) in [5.41, 5.74) is 1.02. The van der Waals surface area contributed by atoms with Gasteiger partial charge in [-0.25, -0.2) is 0 Å². The van der Waals surface area contributed by atoms with Crippen molar-refractivity contribution in [2.75, 3.05) is 19.6 Å². The molecule has 0 aliphatic carbocycles. The van der Waals surface area contributed by atoms with E-state index in [0.29, 0.717) is 39.0 Å². The van der Waals surface area contributed by atoms with Gasteiger partial charge in [-0.05, 0) is 66.4 Å². The van der Waals surface area contributed by atoms with Crippen molar-refractivity contribution in [2.24, 2.45) is 5.41 Å². The van der Waals surface area contributed by atoms with Crippen LogP contribution in [0.15, 0.2) is 66.7 Å². The Bertz CT molecular complexity index is 1370. The molecule has 3 aromatic rings. The van der Waals surface area contributed by atoms with Gasteiger partial charge in [0.05, 0.1) is 6.04 Å². The van der Waals surface area contributed by atoms with Crippen molar-refractivity contribution in [1.29, 1.82) is 0 Å². The van der Waals surface area contributed by atoms with E-state index in [9.17, 15) is 19.5 Å². The van der Waals surface area contributed by atoms with E-state index in [1.807, 2.05) is 48.5 Å². The molecule has 1 aliphatic rings. The zero-order chi connectivity index (χ0) is 29.4. The number of rotatable bonds is 11. The number of benzene rings is 3. The van der Waals surface area contributed by atoms with Gasteiger partial charge in [0.15, 0.2) is 0 Å². The van der Waals surface area contributed by atoms with Crippen LogP contribution in [0.2, 0.25) is 0 Å². The fourth-order valence-electron chi connectivity index (χ4n) is 5.15. The van der Waals surface area contributed by atoms with Crippen LogP contribution >= 0.6 is 12.4 Å². The van der Waals surface area contributed by atoms with Gasteiger partial charge in [0, 0.05) is 24.9 Å². The highest BCUT2D eigenvalue weighted by molar-refractivity contribution is 6.04. The largest absolute Gasteiger partial charge is 0.508 e. The molecule has 2 atom stereocenters. The van der Waals surface area contributed by atoms with Gasteiger partial charge < -0.3 is 21.1 Å². The topological polar surface area (TPSA) is 111 Å². The average Bonchev–Trinajstić information content (AvgIpc) is 3.49. The lowest BCUT2D eigenvalue weighted by Gasteiger charge is -2.35. The summed E-state index contributed by atoms with van der Waals surface area (Å²) in [5, 5.41) is 21.3. The molecule has 1 aliphatic heterocycles. The number of aromatic hydroxyl groups is 1. The third-order valence-electron chi connectivity index (χ3n) is 7.38. The molecule has 4 rings (SSSR count). The van der Waals surface area contributed by atoms with Crippen LogP contribution in [0.4, 0.5) is 0 Å². The third kappa shape index (κ3) is 8.77. The second-order valence-electron chi connectivity index (χ2n) is 11.8. The SMILES string of the molecule is CC(C)(C)C(=O)N(C(=O)[C@@H]1CCCN1)[C@H](Cc1ccc2ccccc2c1)C(=O)NCCCNCc1cccc(O)c1.Cl. The lowest BCUT2D eigenvalue weighted by molar-refractivity contribution is -0.157. The fourth-order valence-corrected chi connectivity index (χ4v) is 5.15. The molecule has 0 bridgehead atoms. The van der Waals surface area contributed by atoms with E-state index < -0.39 is 17.5 Å². The van der Waals surface area contributed by atoms with Crippen LogP contribution in [0, 0.1) is 5.41 Å². The van der Waals surface area contributed by atoms with Gasteiger partial charge in [-0.2, -0.15) is 0 Å². The van der Waals surface area contributed by atoms with Gasteiger partial charge in [0.1, 0.15) is 11.8 Å². The van der Waals surface area contributed by atoms with Gasteiger partial charge in [-0.3, -0.25) is 19.3 Å². The third-order valence-corrected chi connectivity index (χ3v) is 7.38. The summed E-state index contributed by atoms with van der Waals surface area (Å²) >= 11 is 0. The molecule has 3 aromatic carbocycles. The number of fused-ring (bicyclic) bond motifs is 1. The van der Waals surface area contributed by atoms with Crippen LogP contribution < -0.4 is 16.0 Å². The molecule has 0 saturated carbocycles. The zero-order valence-corrected chi connectivity index (χ0v) is 25.5. The molecule has 0 unspecified atom stereocenters. The summed E-state index contributed by atoms with van der Waals surface area (Å²) in [6, 6.07) is 19.6. The predicted octanol–water partition coefficient (Wildman–Crippen LogP) is 4.33. The first-order valence-electron chi connectivity index (χ1n) is 14.5. The molecular formula is C33H43ClN4O4. The van der Waals surface area contributed by atoms with Crippen LogP contribution in [0.5, 0.6) is 5.75 Å². The lowest BCUT2D eigenvalue weighted by atomic mass is 9.91. The van der Waals surface area contributed by atoms with E-state index in [-0.39, 0.29) is 42.3 Å². The Hall–Kier alpha value is -3.46. The number of hydrogen-bond donors (Lipinski definition) is 4. The van der Waals surface area contributed by atoms with Crippen LogP contribution in [0.3, 0.4) is 0 Å². The maximum atomic E-state index is 13.8. The first kappa shape index (κ1) is 33.0. The molecule has 1 heterocycles. The highest BCUT2D eigenvalue weighted by atomic mass is 35.5. The van der Waals surface area contributed by atoms with E-state index in [2.05, 4.69) is 16.0 Å². The Balaban J connectivity index is 0.00000484. The number of phenolic OH excluding ortho intramolecular Hbond substituents is 1. The Kier molecular flexibility index (Phi) is 11.9. The number of carbonyl (C=O) groups excluding carboxylic acids is 3. The molecule has 9 heteroatoms. The minimum Gasteiger partial charge on any atom is -0.508 e. The number of halogens is 1. The van der Waals surface area contributed by atoms with Gasteiger partial charge >= 0.3 is 0 Å². The smallest absolute Gasteiger partial charge is 0.247 e. The molecule has 42 heavy (non-hydrogen) atoms. The number of amides is 3. The highest BCUT2D eigenvalue weighted by Crippen LogP contribution is 2.25. The summed E-state index contributed by atoms with van der Waals surface area (Å²) in [7, 11) is 0. The Labute approximate surface area is 254 Å². The predicted molar refractivity (Wildman–Crippen MR) is 168 cm³/mol. The molecular weight excluding hydrogens is 552 g/mol. The molecule has 8 nitrogen and oxygen atoms in total. The maximum absolute atomic E-state index is 13.8. The second kappa shape index (κ2) is 15.1. The van der Waals surface area contributed by atoms with E-state index in [1.165, 1.54) is 4.90 Å². The number of phenols is 1. The summed E-state index contributed by atoms with van der Waals surface area (Å²) in [6.07, 6.45) is 2.39. The minimum absolute atomic E-state index is 0. The molecule has 0 radical (unpaired) electrons. The number of nitrogens with zero attached hydrogens (tertiary/aromatic N) is 1. The van der Waals surface area contributed by atoms with Crippen LogP contribution in [0.25, 0.3) is 10.8 Å². The van der Waals surface area contributed by atoms with Gasteiger partial charge in [0.2, 0.25) is 17.7 Å². The summed E-state index contributed by atoms with van der Waals surface area (Å²) in [6.45, 7) is 7.70. The van der Waals surface area contributed by atoms with Crippen molar-refractivity contribution >= 4 is 40.9 Å². The highest BCUT2D eigenvalue weighted by Gasteiger charge is 2.42. The maximum Gasteiger partial charge on any atom is 0.247 e. The van der Waals surface area contributed by atoms with Crippen LogP contribution in [-0.2, 0) is 27.3 Å². The number of hydrogen-bond acceptors (Lipinski definition) is 6. The molecule has 226 valence electrons. The van der Waals surface area contributed by atoms with Gasteiger partial charge in [-0.1, -0.05) is 75.4 Å². The van der Waals surface area contributed by atoms with Crippen molar-refractivity contribution in [3.05, 3.63) is 77.9 Å². The monoisotopic (exact) mass is 594 g/mol. The molecule has 0 spiro atoms. The van der Waals surface area contributed by atoms with E-state index in [0.717, 1.165) is 28.3 Å². The van der Waals surface area contributed by atoms with Crippen molar-refractivity contribution in [2.45, 2.75) is 65.1 Å². The van der Waals surface area contributed by atoms with Gasteiger partial charge in [0.25, 0.3) is 0 Å². The van der Waals surface area contributed by atoms with Crippen LogP contribution in [0.1, 0.15) is 51.2 Å². The average molecular weight is 595 g/mol. The first-order valence-corrected chi connectivity index (χ1v) is 14.5. The standard InChI is InChI=1S/C33H42N4O4.ClH/c1-33(2,3)32(41)37(31(40)28-13-7-17-35-28)29(21-23-14-15-25-10-4-5-11-26(25)19-23)30(39)36-18-8-16-34-22-24-9-6-12-27(38)20-24;/h4-6,9-12,14-15,19-20,28-29,34-35,38H,7-8,13,16-18,21-22H2,1-3H3,(H,36,39);1H/t28-,29+;/m0./s1. The quantitative estimate of drug-likeness (QED) is 0.246. The summed E-state index contributed by atoms with van der Waals surface area (Å²) < 4.78 is 0. The fraction of sp³-hybridized carbons (Fsp3) is 0.424. The Morgan fingerprint density at radius 2 is 1.74 bits per heavy atom. The van der Waals surface area contributed by atoms with E-state index >= 15 is 0 Å². The number of nitrogens with one attached hydrogen (secondary N) is 3. The molecule has 3 amide bonds. The van der Waals surface area contributed by atoms with Crippen molar-refractivity contribution in [1.82, 2.24) is 20.9 Å². The molecule has 1 fully saturated rings. The lowest BCUT2D eigenvalue weighted by Crippen LogP contribution is -2.59. The minimum atomic E-state index is -0.974. The molecule has 4 N–H and O–H groups in total. The first-order chi connectivity index (χ1) is 19.6. The van der Waals surface area contributed by atoms with E-state index in [4.69, 9.17) is 0 Å². The van der Waals surface area contributed by atoms with Crippen LogP contribution in [-0.4, -0.2) is 59.4 Å². The number of carbonyl (C=O) groups is 3. The summed E-state index contributed by atoms with van der Waals surface area (Å²) in [4.78, 5) is 42.5. The second-order valence-corrected chi connectivity index (χ2v) is 11.8. The Morgan fingerprint density at radius 3 is 2.43 bits per heavy atom.